The Balaban J connectivity index is 2.76. The van der Waals surface area contributed by atoms with E-state index in [2.05, 4.69) is 0 Å². The van der Waals surface area contributed by atoms with Crippen LogP contribution in [-0.2, 0) is 17.6 Å². The Hall–Kier alpha value is -1.25. The second-order valence-corrected chi connectivity index (χ2v) is 2.35. The second kappa shape index (κ2) is 3.23. The molecule has 0 atom stereocenters. The lowest BCUT2D eigenvalue weighted by molar-refractivity contribution is -0.136. The molecule has 0 fully saturated rings. The Morgan fingerprint density at radius 1 is 1.55 bits per heavy atom. The molecule has 60 valence electrons. The standard InChI is InChI=1S/C8H10O3/c1-2-6-4-11-5-7(6)3-8(9)10/h4-5H,2-3H2,1H3,(H,9,10). The molecule has 1 aromatic heterocycles. The molecule has 0 unspecified atom stereocenters. The van der Waals surface area contributed by atoms with E-state index in [1.165, 1.54) is 6.26 Å². The van der Waals surface area contributed by atoms with Crippen molar-refractivity contribution in [3.63, 3.8) is 0 Å². The Bertz CT molecular complexity index is 250. The van der Waals surface area contributed by atoms with Crippen molar-refractivity contribution >= 4 is 5.97 Å². The van der Waals surface area contributed by atoms with Gasteiger partial charge >= 0.3 is 5.97 Å². The van der Waals surface area contributed by atoms with Crippen molar-refractivity contribution in [2.75, 3.05) is 0 Å². The molecule has 11 heavy (non-hydrogen) atoms. The largest absolute Gasteiger partial charge is 0.481 e. The van der Waals surface area contributed by atoms with Crippen LogP contribution in [0.2, 0.25) is 0 Å². The fraction of sp³-hybridized carbons (Fsp3) is 0.375. The van der Waals surface area contributed by atoms with Gasteiger partial charge in [0.1, 0.15) is 0 Å². The smallest absolute Gasteiger partial charge is 0.307 e. The summed E-state index contributed by atoms with van der Waals surface area (Å²) in [5, 5.41) is 8.46. The first-order chi connectivity index (χ1) is 5.24. The summed E-state index contributed by atoms with van der Waals surface area (Å²) in [6, 6.07) is 0. The van der Waals surface area contributed by atoms with E-state index in [-0.39, 0.29) is 6.42 Å². The average Bonchev–Trinajstić information content (AvgIpc) is 2.34. The predicted octanol–water partition coefficient (Wildman–Crippen LogP) is 1.47. The van der Waals surface area contributed by atoms with Gasteiger partial charge in [0.15, 0.2) is 0 Å². The lowest BCUT2D eigenvalue weighted by Gasteiger charge is -1.93. The minimum Gasteiger partial charge on any atom is -0.481 e. The monoisotopic (exact) mass is 154 g/mol. The molecular formula is C8H10O3. The van der Waals surface area contributed by atoms with Crippen molar-refractivity contribution in [3.05, 3.63) is 23.7 Å². The molecule has 0 aliphatic rings. The van der Waals surface area contributed by atoms with Crippen LogP contribution in [-0.4, -0.2) is 11.1 Å². The van der Waals surface area contributed by atoms with Crippen molar-refractivity contribution in [1.82, 2.24) is 0 Å². The Kier molecular flexibility index (Phi) is 2.31. The molecule has 1 rings (SSSR count). The topological polar surface area (TPSA) is 50.4 Å². The molecule has 3 heteroatoms. The molecular weight excluding hydrogens is 144 g/mol. The first kappa shape index (κ1) is 7.85. The summed E-state index contributed by atoms with van der Waals surface area (Å²) in [6.45, 7) is 1.97. The molecule has 0 aliphatic heterocycles. The Morgan fingerprint density at radius 2 is 2.18 bits per heavy atom. The minimum absolute atomic E-state index is 0.0552. The summed E-state index contributed by atoms with van der Waals surface area (Å²) in [7, 11) is 0. The zero-order valence-corrected chi connectivity index (χ0v) is 6.33. The molecule has 3 nitrogen and oxygen atoms in total. The van der Waals surface area contributed by atoms with Gasteiger partial charge < -0.3 is 9.52 Å². The van der Waals surface area contributed by atoms with Gasteiger partial charge in [0.2, 0.25) is 0 Å². The average molecular weight is 154 g/mol. The summed E-state index contributed by atoms with van der Waals surface area (Å²) >= 11 is 0. The number of hydrogen-bond acceptors (Lipinski definition) is 2. The number of carbonyl (C=O) groups is 1. The summed E-state index contributed by atoms with van der Waals surface area (Å²) in [5.41, 5.74) is 1.76. The third kappa shape index (κ3) is 1.83. The highest BCUT2D eigenvalue weighted by Crippen LogP contribution is 2.11. The van der Waals surface area contributed by atoms with Crippen molar-refractivity contribution in [3.8, 4) is 0 Å². The maximum absolute atomic E-state index is 10.3. The van der Waals surface area contributed by atoms with Gasteiger partial charge in [-0.25, -0.2) is 0 Å². The number of hydrogen-bond donors (Lipinski definition) is 1. The van der Waals surface area contributed by atoms with E-state index in [9.17, 15) is 4.79 Å². The third-order valence-electron chi connectivity index (χ3n) is 1.56. The molecule has 1 N–H and O–H groups in total. The summed E-state index contributed by atoms with van der Waals surface area (Å²) in [6.07, 6.45) is 3.96. The lowest BCUT2D eigenvalue weighted by atomic mass is 10.1. The van der Waals surface area contributed by atoms with Crippen LogP contribution in [0, 0.1) is 0 Å². The molecule has 0 bridgehead atoms. The maximum Gasteiger partial charge on any atom is 0.307 e. The van der Waals surface area contributed by atoms with Crippen LogP contribution in [0.25, 0.3) is 0 Å². The fourth-order valence-electron chi connectivity index (χ4n) is 0.978. The van der Waals surface area contributed by atoms with Crippen LogP contribution in [0.3, 0.4) is 0 Å². The van der Waals surface area contributed by atoms with Crippen LogP contribution < -0.4 is 0 Å². The quantitative estimate of drug-likeness (QED) is 0.717. The fourth-order valence-corrected chi connectivity index (χ4v) is 0.978. The van der Waals surface area contributed by atoms with Crippen LogP contribution in [0.1, 0.15) is 18.1 Å². The van der Waals surface area contributed by atoms with Crippen LogP contribution >= 0.6 is 0 Å². The summed E-state index contributed by atoms with van der Waals surface area (Å²) in [4.78, 5) is 10.3. The molecule has 0 radical (unpaired) electrons. The van der Waals surface area contributed by atoms with Gasteiger partial charge in [0.25, 0.3) is 0 Å². The van der Waals surface area contributed by atoms with Gasteiger partial charge in [-0.05, 0) is 12.0 Å². The van der Waals surface area contributed by atoms with E-state index in [1.54, 1.807) is 6.26 Å². The van der Waals surface area contributed by atoms with E-state index < -0.39 is 5.97 Å². The molecule has 0 aromatic carbocycles. The SMILES string of the molecule is CCc1cocc1CC(=O)O. The number of carboxylic acids is 1. The van der Waals surface area contributed by atoms with Crippen molar-refractivity contribution in [1.29, 1.82) is 0 Å². The first-order valence-corrected chi connectivity index (χ1v) is 3.49. The second-order valence-electron chi connectivity index (χ2n) is 2.35. The zero-order valence-electron chi connectivity index (χ0n) is 6.33. The molecule has 1 aromatic rings. The van der Waals surface area contributed by atoms with Crippen LogP contribution in [0.4, 0.5) is 0 Å². The van der Waals surface area contributed by atoms with E-state index in [4.69, 9.17) is 9.52 Å². The van der Waals surface area contributed by atoms with Crippen molar-refractivity contribution < 1.29 is 14.3 Å². The third-order valence-corrected chi connectivity index (χ3v) is 1.56. The van der Waals surface area contributed by atoms with E-state index in [0.29, 0.717) is 0 Å². The number of aliphatic carboxylic acids is 1. The van der Waals surface area contributed by atoms with Gasteiger partial charge in [-0.1, -0.05) is 6.92 Å². The minimum atomic E-state index is -0.818. The highest BCUT2D eigenvalue weighted by atomic mass is 16.4. The lowest BCUT2D eigenvalue weighted by Crippen LogP contribution is -2.00. The number of aryl methyl sites for hydroxylation is 1. The normalized spacial score (nSPS) is 9.91. The Labute approximate surface area is 64.6 Å². The molecule has 0 amide bonds. The molecule has 0 aliphatic carbocycles. The predicted molar refractivity (Wildman–Crippen MR) is 39.4 cm³/mol. The van der Waals surface area contributed by atoms with Gasteiger partial charge in [-0.15, -0.1) is 0 Å². The van der Waals surface area contributed by atoms with E-state index in [0.717, 1.165) is 17.5 Å². The molecule has 0 saturated heterocycles. The van der Waals surface area contributed by atoms with E-state index >= 15 is 0 Å². The zero-order chi connectivity index (χ0) is 8.27. The van der Waals surface area contributed by atoms with Crippen LogP contribution in [0.5, 0.6) is 0 Å². The van der Waals surface area contributed by atoms with Gasteiger partial charge in [0, 0.05) is 5.56 Å². The summed E-state index contributed by atoms with van der Waals surface area (Å²) < 4.78 is 4.87. The van der Waals surface area contributed by atoms with Gasteiger partial charge in [-0.2, -0.15) is 0 Å². The van der Waals surface area contributed by atoms with Gasteiger partial charge in [-0.3, -0.25) is 4.79 Å². The highest BCUT2D eigenvalue weighted by molar-refractivity contribution is 5.70. The molecule has 0 spiro atoms. The maximum atomic E-state index is 10.3. The van der Waals surface area contributed by atoms with Crippen molar-refractivity contribution in [2.24, 2.45) is 0 Å². The van der Waals surface area contributed by atoms with Crippen molar-refractivity contribution in [2.45, 2.75) is 19.8 Å². The van der Waals surface area contributed by atoms with Crippen LogP contribution in [0.15, 0.2) is 16.9 Å². The molecule has 0 saturated carbocycles. The summed E-state index contributed by atoms with van der Waals surface area (Å²) in [5.74, 6) is -0.818. The number of rotatable bonds is 3. The number of carboxylic acid groups (broad SMARTS) is 1. The Morgan fingerprint density at radius 3 is 2.73 bits per heavy atom. The number of furan rings is 1. The highest BCUT2D eigenvalue weighted by Gasteiger charge is 2.06. The van der Waals surface area contributed by atoms with E-state index in [1.807, 2.05) is 6.92 Å². The van der Waals surface area contributed by atoms with Gasteiger partial charge in [0.05, 0.1) is 18.9 Å². The molecule has 1 heterocycles. The first-order valence-electron chi connectivity index (χ1n) is 3.49.